The van der Waals surface area contributed by atoms with Crippen LogP contribution in [0.1, 0.15) is 107 Å². The van der Waals surface area contributed by atoms with Crippen molar-refractivity contribution in [3.8, 4) is 0 Å². The molecule has 3 fully saturated rings. The third-order valence-corrected chi connectivity index (χ3v) is 8.21. The molecule has 3 rings (SSSR count). The van der Waals surface area contributed by atoms with Gasteiger partial charge in [-0.25, -0.2) is 0 Å². The molecule has 2 bridgehead atoms. The van der Waals surface area contributed by atoms with Gasteiger partial charge in [0.05, 0.1) is 0 Å². The van der Waals surface area contributed by atoms with Gasteiger partial charge in [-0.3, -0.25) is 9.80 Å². The van der Waals surface area contributed by atoms with E-state index in [9.17, 15) is 0 Å². The first kappa shape index (κ1) is 21.6. The van der Waals surface area contributed by atoms with Gasteiger partial charge >= 0.3 is 0 Å². The largest absolute Gasteiger partial charge is 0.297 e. The van der Waals surface area contributed by atoms with Crippen LogP contribution in [0, 0.1) is 16.7 Å². The Morgan fingerprint density at radius 2 is 1.56 bits per heavy atom. The van der Waals surface area contributed by atoms with Gasteiger partial charge in [-0.05, 0) is 89.0 Å². The molecule has 1 saturated carbocycles. The highest BCUT2D eigenvalue weighted by Gasteiger charge is 2.54. The van der Waals surface area contributed by atoms with E-state index in [0.29, 0.717) is 22.4 Å². The molecule has 0 aromatic rings. The van der Waals surface area contributed by atoms with Gasteiger partial charge in [0.25, 0.3) is 0 Å². The first-order valence-electron chi connectivity index (χ1n) is 11.9. The highest BCUT2D eigenvalue weighted by Crippen LogP contribution is 2.52. The molecule has 2 saturated heterocycles. The maximum atomic E-state index is 2.99. The lowest BCUT2D eigenvalue weighted by molar-refractivity contribution is -0.0268. The fourth-order valence-electron chi connectivity index (χ4n) is 7.08. The van der Waals surface area contributed by atoms with Crippen LogP contribution in [0.25, 0.3) is 0 Å². The van der Waals surface area contributed by atoms with Crippen LogP contribution >= 0.6 is 0 Å². The topological polar surface area (TPSA) is 6.48 Å². The summed E-state index contributed by atoms with van der Waals surface area (Å²) >= 11 is 0. The van der Waals surface area contributed by atoms with Gasteiger partial charge in [0.1, 0.15) is 0 Å². The molecule has 27 heavy (non-hydrogen) atoms. The minimum Gasteiger partial charge on any atom is -0.297 e. The molecule has 0 spiro atoms. The van der Waals surface area contributed by atoms with Crippen molar-refractivity contribution in [3.63, 3.8) is 0 Å². The molecule has 2 nitrogen and oxygen atoms in total. The van der Waals surface area contributed by atoms with Crippen molar-refractivity contribution >= 4 is 0 Å². The van der Waals surface area contributed by atoms with E-state index in [4.69, 9.17) is 0 Å². The molecule has 0 aromatic carbocycles. The Bertz CT molecular complexity index is 509. The molecular weight excluding hydrogens is 328 g/mol. The summed E-state index contributed by atoms with van der Waals surface area (Å²) in [5.74, 6) is 0.940. The minimum atomic E-state index is 0.322. The zero-order valence-electron chi connectivity index (χ0n) is 19.9. The van der Waals surface area contributed by atoms with Gasteiger partial charge < -0.3 is 0 Å². The first-order valence-corrected chi connectivity index (χ1v) is 11.9. The van der Waals surface area contributed by atoms with Crippen LogP contribution in [0.3, 0.4) is 0 Å². The molecule has 0 radical (unpaired) electrons. The SMILES string of the molecule is CC(CCC(C)(C)N1C2CCC(C2)C1C(C)(C)C)N1CCC[C@H]1C(C)(C)C. The molecule has 1 aliphatic carbocycles. The number of rotatable bonds is 5. The second kappa shape index (κ2) is 7.31. The minimum absolute atomic E-state index is 0.322. The molecule has 3 aliphatic rings. The molecule has 2 aliphatic heterocycles. The van der Waals surface area contributed by atoms with Gasteiger partial charge in [0, 0.05) is 29.7 Å². The fourth-order valence-corrected chi connectivity index (χ4v) is 7.08. The summed E-state index contributed by atoms with van der Waals surface area (Å²) in [4.78, 5) is 5.83. The molecule has 0 aromatic heterocycles. The van der Waals surface area contributed by atoms with Crippen LogP contribution in [0.2, 0.25) is 0 Å². The Hall–Kier alpha value is -0.0800. The molecule has 4 unspecified atom stereocenters. The molecule has 2 heterocycles. The van der Waals surface area contributed by atoms with Crippen molar-refractivity contribution in [2.24, 2.45) is 16.7 Å². The lowest BCUT2D eigenvalue weighted by Crippen LogP contribution is -2.57. The van der Waals surface area contributed by atoms with E-state index < -0.39 is 0 Å². The molecule has 0 N–H and O–H groups in total. The standard InChI is InChI=1S/C25H48N2/c1-18(26-16-10-11-21(26)23(2,3)4)14-15-25(8,9)27-20-13-12-19(17-20)22(27)24(5,6)7/h18-22H,10-17H2,1-9H3/t18?,19?,20?,21-,22?/m0/s1. The van der Waals surface area contributed by atoms with Crippen LogP contribution in [0.4, 0.5) is 0 Å². The monoisotopic (exact) mass is 376 g/mol. The van der Waals surface area contributed by atoms with Crippen LogP contribution in [-0.4, -0.2) is 46.1 Å². The maximum Gasteiger partial charge on any atom is 0.0181 e. The van der Waals surface area contributed by atoms with Gasteiger partial charge in [0.2, 0.25) is 0 Å². The molecule has 5 atom stereocenters. The Morgan fingerprint density at radius 3 is 2.15 bits per heavy atom. The summed E-state index contributed by atoms with van der Waals surface area (Å²) in [5.41, 5.74) is 1.13. The summed E-state index contributed by atoms with van der Waals surface area (Å²) in [5, 5.41) is 0. The third kappa shape index (κ3) is 4.27. The predicted molar refractivity (Wildman–Crippen MR) is 118 cm³/mol. The number of hydrogen-bond acceptors (Lipinski definition) is 2. The summed E-state index contributed by atoms with van der Waals surface area (Å²) in [6, 6.07) is 3.10. The maximum absolute atomic E-state index is 2.99. The van der Waals surface area contributed by atoms with E-state index in [1.165, 1.54) is 51.5 Å². The summed E-state index contributed by atoms with van der Waals surface area (Å²) in [6.07, 6.45) is 9.81. The average Bonchev–Trinajstić information content (AvgIpc) is 3.24. The van der Waals surface area contributed by atoms with Gasteiger partial charge in [-0.15, -0.1) is 0 Å². The van der Waals surface area contributed by atoms with Crippen molar-refractivity contribution in [1.29, 1.82) is 0 Å². The quantitative estimate of drug-likeness (QED) is 0.552. The number of fused-ring (bicyclic) bond motifs is 2. The van der Waals surface area contributed by atoms with Crippen molar-refractivity contribution in [2.45, 2.75) is 137 Å². The normalized spacial score (nSPS) is 34.6. The Labute approximate surface area is 170 Å². The van der Waals surface area contributed by atoms with E-state index in [0.717, 1.165) is 24.0 Å². The van der Waals surface area contributed by atoms with Gasteiger partial charge in [-0.1, -0.05) is 41.5 Å². The first-order chi connectivity index (χ1) is 12.3. The second-order valence-corrected chi connectivity index (χ2v) is 12.9. The average molecular weight is 377 g/mol. The van der Waals surface area contributed by atoms with Gasteiger partial charge in [-0.2, -0.15) is 0 Å². The predicted octanol–water partition coefficient (Wildman–Crippen LogP) is 6.34. The van der Waals surface area contributed by atoms with Crippen molar-refractivity contribution in [3.05, 3.63) is 0 Å². The summed E-state index contributed by atoms with van der Waals surface area (Å²) in [7, 11) is 0. The van der Waals surface area contributed by atoms with E-state index in [-0.39, 0.29) is 0 Å². The second-order valence-electron chi connectivity index (χ2n) is 12.9. The Morgan fingerprint density at radius 1 is 0.889 bits per heavy atom. The number of hydrogen-bond donors (Lipinski definition) is 0. The van der Waals surface area contributed by atoms with Crippen LogP contribution < -0.4 is 0 Å². The Kier molecular flexibility index (Phi) is 5.86. The van der Waals surface area contributed by atoms with Crippen molar-refractivity contribution < 1.29 is 0 Å². The van der Waals surface area contributed by atoms with Crippen LogP contribution in [0.5, 0.6) is 0 Å². The fraction of sp³-hybridized carbons (Fsp3) is 1.00. The third-order valence-electron chi connectivity index (χ3n) is 8.21. The Balaban J connectivity index is 1.66. The smallest absolute Gasteiger partial charge is 0.0181 e. The lowest BCUT2D eigenvalue weighted by atomic mass is 9.76. The molecule has 0 amide bonds. The number of nitrogens with zero attached hydrogens (tertiary/aromatic N) is 2. The summed E-state index contributed by atoms with van der Waals surface area (Å²) < 4.78 is 0. The van der Waals surface area contributed by atoms with Crippen molar-refractivity contribution in [2.75, 3.05) is 6.54 Å². The zero-order valence-corrected chi connectivity index (χ0v) is 19.9. The van der Waals surface area contributed by atoms with E-state index in [1.807, 2.05) is 0 Å². The number of likely N-dealkylation sites (tertiary alicyclic amines) is 2. The van der Waals surface area contributed by atoms with E-state index in [1.54, 1.807) is 0 Å². The van der Waals surface area contributed by atoms with E-state index in [2.05, 4.69) is 72.1 Å². The highest BCUT2D eigenvalue weighted by molar-refractivity contribution is 5.08. The van der Waals surface area contributed by atoms with Crippen LogP contribution in [0.15, 0.2) is 0 Å². The van der Waals surface area contributed by atoms with E-state index >= 15 is 0 Å². The summed E-state index contributed by atoms with van der Waals surface area (Å²) in [6.45, 7) is 23.6. The molecule has 2 heteroatoms. The van der Waals surface area contributed by atoms with Gasteiger partial charge in [0.15, 0.2) is 0 Å². The molecular formula is C25H48N2. The number of piperidine rings is 1. The van der Waals surface area contributed by atoms with Crippen molar-refractivity contribution in [1.82, 2.24) is 9.80 Å². The van der Waals surface area contributed by atoms with Crippen LogP contribution in [-0.2, 0) is 0 Å². The lowest BCUT2D eigenvalue weighted by Gasteiger charge is -2.51. The highest BCUT2D eigenvalue weighted by atomic mass is 15.3. The zero-order chi connectivity index (χ0) is 20.2. The molecule has 158 valence electrons.